The molecule has 1 aromatic rings. The van der Waals surface area contributed by atoms with Crippen molar-refractivity contribution in [1.29, 1.82) is 0 Å². The molecule has 1 aromatic heterocycles. The molecule has 0 radical (unpaired) electrons. The van der Waals surface area contributed by atoms with Crippen LogP contribution in [-0.4, -0.2) is 42.9 Å². The van der Waals surface area contributed by atoms with Gasteiger partial charge in [0.05, 0.1) is 6.61 Å². The second kappa shape index (κ2) is 6.66. The molecule has 1 saturated heterocycles. The average molecular weight is 269 g/mol. The Hall–Kier alpha value is -0.420. The standard InChI is InChI=1S/C14H23NO2S/c1-2-15(10-13-4-3-9-18-13)11-14(12-16)5-7-17-8-6-14/h3-4,9,16H,2,5-8,10-12H2,1H3. The SMILES string of the molecule is CCN(Cc1cccs1)CC1(CO)CCOCC1. The zero-order chi connectivity index (χ0) is 12.8. The molecule has 102 valence electrons. The second-order valence-electron chi connectivity index (χ2n) is 5.15. The number of aliphatic hydroxyl groups is 1. The largest absolute Gasteiger partial charge is 0.396 e. The maximum absolute atomic E-state index is 9.73. The molecule has 0 unspecified atom stereocenters. The van der Waals surface area contributed by atoms with E-state index in [0.29, 0.717) is 0 Å². The molecule has 0 bridgehead atoms. The van der Waals surface area contributed by atoms with E-state index >= 15 is 0 Å². The van der Waals surface area contributed by atoms with Gasteiger partial charge in [0.2, 0.25) is 0 Å². The molecule has 4 heteroatoms. The Morgan fingerprint density at radius 1 is 1.44 bits per heavy atom. The van der Waals surface area contributed by atoms with E-state index in [2.05, 4.69) is 29.3 Å². The smallest absolute Gasteiger partial charge is 0.0501 e. The van der Waals surface area contributed by atoms with Crippen LogP contribution in [0.5, 0.6) is 0 Å². The molecule has 2 heterocycles. The summed E-state index contributed by atoms with van der Waals surface area (Å²) in [7, 11) is 0. The monoisotopic (exact) mass is 269 g/mol. The Morgan fingerprint density at radius 3 is 2.78 bits per heavy atom. The Morgan fingerprint density at radius 2 is 2.22 bits per heavy atom. The van der Waals surface area contributed by atoms with Crippen molar-refractivity contribution < 1.29 is 9.84 Å². The van der Waals surface area contributed by atoms with Crippen LogP contribution < -0.4 is 0 Å². The van der Waals surface area contributed by atoms with E-state index in [0.717, 1.165) is 45.7 Å². The van der Waals surface area contributed by atoms with Gasteiger partial charge < -0.3 is 9.84 Å². The van der Waals surface area contributed by atoms with Crippen LogP contribution in [0.3, 0.4) is 0 Å². The molecule has 3 nitrogen and oxygen atoms in total. The third-order valence-corrected chi connectivity index (χ3v) is 4.72. The summed E-state index contributed by atoms with van der Waals surface area (Å²) in [5.41, 5.74) is 0.0471. The van der Waals surface area contributed by atoms with Gasteiger partial charge in [-0.3, -0.25) is 4.90 Å². The molecular formula is C14H23NO2S. The third-order valence-electron chi connectivity index (χ3n) is 3.85. The van der Waals surface area contributed by atoms with Crippen molar-refractivity contribution >= 4 is 11.3 Å². The van der Waals surface area contributed by atoms with Gasteiger partial charge in [-0.2, -0.15) is 0 Å². The molecular weight excluding hydrogens is 246 g/mol. The lowest BCUT2D eigenvalue weighted by atomic mass is 9.80. The van der Waals surface area contributed by atoms with Gasteiger partial charge in [-0.15, -0.1) is 11.3 Å². The average Bonchev–Trinajstić information content (AvgIpc) is 2.92. The van der Waals surface area contributed by atoms with Gasteiger partial charge in [0.15, 0.2) is 0 Å². The number of hydrogen-bond acceptors (Lipinski definition) is 4. The van der Waals surface area contributed by atoms with E-state index < -0.39 is 0 Å². The number of aliphatic hydroxyl groups excluding tert-OH is 1. The Balaban J connectivity index is 1.95. The highest BCUT2D eigenvalue weighted by molar-refractivity contribution is 7.09. The van der Waals surface area contributed by atoms with Crippen molar-refractivity contribution in [2.75, 3.05) is 32.9 Å². The molecule has 0 aliphatic carbocycles. The Bertz CT molecular complexity index is 334. The first-order chi connectivity index (χ1) is 8.78. The highest BCUT2D eigenvalue weighted by atomic mass is 32.1. The molecule has 18 heavy (non-hydrogen) atoms. The van der Waals surface area contributed by atoms with Gasteiger partial charge in [-0.05, 0) is 30.8 Å². The van der Waals surface area contributed by atoms with Crippen molar-refractivity contribution in [3.05, 3.63) is 22.4 Å². The topological polar surface area (TPSA) is 32.7 Å². The van der Waals surface area contributed by atoms with Gasteiger partial charge in [-0.1, -0.05) is 13.0 Å². The number of thiophene rings is 1. The fourth-order valence-corrected chi connectivity index (χ4v) is 3.29. The van der Waals surface area contributed by atoms with Crippen LogP contribution in [0.2, 0.25) is 0 Å². The summed E-state index contributed by atoms with van der Waals surface area (Å²) in [5.74, 6) is 0. The van der Waals surface area contributed by atoms with Crippen molar-refractivity contribution in [2.45, 2.75) is 26.3 Å². The van der Waals surface area contributed by atoms with Gasteiger partial charge in [0.1, 0.15) is 0 Å². The van der Waals surface area contributed by atoms with Crippen LogP contribution in [0.4, 0.5) is 0 Å². The molecule has 1 aliphatic heterocycles. The minimum Gasteiger partial charge on any atom is -0.396 e. The van der Waals surface area contributed by atoms with Gasteiger partial charge in [-0.25, -0.2) is 0 Å². The highest BCUT2D eigenvalue weighted by Gasteiger charge is 2.33. The molecule has 0 spiro atoms. The maximum atomic E-state index is 9.73. The predicted octanol–water partition coefficient (Wildman–Crippen LogP) is 2.36. The van der Waals surface area contributed by atoms with E-state index in [1.165, 1.54) is 4.88 Å². The number of ether oxygens (including phenoxy) is 1. The van der Waals surface area contributed by atoms with E-state index in [9.17, 15) is 5.11 Å². The summed E-state index contributed by atoms with van der Waals surface area (Å²) in [4.78, 5) is 3.84. The summed E-state index contributed by atoms with van der Waals surface area (Å²) >= 11 is 1.81. The summed E-state index contributed by atoms with van der Waals surface area (Å²) < 4.78 is 5.42. The lowest BCUT2D eigenvalue weighted by Crippen LogP contribution is -2.43. The van der Waals surface area contributed by atoms with Crippen LogP contribution in [-0.2, 0) is 11.3 Å². The first kappa shape index (κ1) is 14.0. The molecule has 1 N–H and O–H groups in total. The minimum atomic E-state index is 0.0471. The van der Waals surface area contributed by atoms with Gasteiger partial charge in [0.25, 0.3) is 0 Å². The molecule has 0 atom stereocenters. The number of hydrogen-bond donors (Lipinski definition) is 1. The van der Waals surface area contributed by atoms with Crippen LogP contribution in [0.25, 0.3) is 0 Å². The highest BCUT2D eigenvalue weighted by Crippen LogP contribution is 2.31. The number of rotatable bonds is 6. The van der Waals surface area contributed by atoms with Crippen molar-refractivity contribution in [3.8, 4) is 0 Å². The zero-order valence-corrected chi connectivity index (χ0v) is 11.9. The molecule has 0 saturated carbocycles. The second-order valence-corrected chi connectivity index (χ2v) is 6.19. The third kappa shape index (κ3) is 3.54. The maximum Gasteiger partial charge on any atom is 0.0501 e. The molecule has 0 amide bonds. The van der Waals surface area contributed by atoms with E-state index in [4.69, 9.17) is 4.74 Å². The summed E-state index contributed by atoms with van der Waals surface area (Å²) in [6.45, 7) is 7.04. The fraction of sp³-hybridized carbons (Fsp3) is 0.714. The summed E-state index contributed by atoms with van der Waals surface area (Å²) in [6.07, 6.45) is 1.95. The molecule has 1 aliphatic rings. The van der Waals surface area contributed by atoms with E-state index in [-0.39, 0.29) is 12.0 Å². The lowest BCUT2D eigenvalue weighted by molar-refractivity contribution is -0.0346. The van der Waals surface area contributed by atoms with Crippen molar-refractivity contribution in [1.82, 2.24) is 4.90 Å². The fourth-order valence-electron chi connectivity index (χ4n) is 2.55. The zero-order valence-electron chi connectivity index (χ0n) is 11.1. The van der Waals surface area contributed by atoms with Crippen LogP contribution >= 0.6 is 11.3 Å². The van der Waals surface area contributed by atoms with Crippen LogP contribution in [0, 0.1) is 5.41 Å². The first-order valence-corrected chi connectivity index (χ1v) is 7.59. The first-order valence-electron chi connectivity index (χ1n) is 6.71. The molecule has 0 aromatic carbocycles. The lowest BCUT2D eigenvalue weighted by Gasteiger charge is -2.39. The van der Waals surface area contributed by atoms with Crippen LogP contribution in [0.1, 0.15) is 24.6 Å². The van der Waals surface area contributed by atoms with E-state index in [1.807, 2.05) is 0 Å². The van der Waals surface area contributed by atoms with Crippen molar-refractivity contribution in [2.24, 2.45) is 5.41 Å². The van der Waals surface area contributed by atoms with Gasteiger partial charge in [0, 0.05) is 36.6 Å². The minimum absolute atomic E-state index is 0.0471. The predicted molar refractivity (Wildman–Crippen MR) is 74.8 cm³/mol. The summed E-state index contributed by atoms with van der Waals surface area (Å²) in [6, 6.07) is 4.28. The molecule has 2 rings (SSSR count). The summed E-state index contributed by atoms with van der Waals surface area (Å²) in [5, 5.41) is 11.9. The van der Waals surface area contributed by atoms with Gasteiger partial charge >= 0.3 is 0 Å². The molecule has 1 fully saturated rings. The Kier molecular flexibility index (Phi) is 5.18. The quantitative estimate of drug-likeness (QED) is 0.860. The Labute approximate surface area is 113 Å². The normalized spacial score (nSPS) is 19.3. The van der Waals surface area contributed by atoms with Crippen LogP contribution in [0.15, 0.2) is 17.5 Å². The van der Waals surface area contributed by atoms with E-state index in [1.54, 1.807) is 11.3 Å². The number of nitrogens with zero attached hydrogens (tertiary/aromatic N) is 1. The van der Waals surface area contributed by atoms with Crippen molar-refractivity contribution in [3.63, 3.8) is 0 Å².